The zero-order chi connectivity index (χ0) is 7.56. The van der Waals surface area contributed by atoms with Gasteiger partial charge in [-0.25, -0.2) is 4.79 Å². The molecule has 0 spiro atoms. The van der Waals surface area contributed by atoms with Crippen molar-refractivity contribution in [2.75, 3.05) is 13.2 Å². The van der Waals surface area contributed by atoms with Crippen molar-refractivity contribution in [3.8, 4) is 0 Å². The van der Waals surface area contributed by atoms with Gasteiger partial charge in [0, 0.05) is 36.2 Å². The minimum absolute atomic E-state index is 0. The zero-order valence-electron chi connectivity index (χ0n) is 6.37. The number of aliphatic carboxylic acids is 1. The van der Waals surface area contributed by atoms with Gasteiger partial charge in [0.25, 0.3) is 0 Å². The third-order valence-corrected chi connectivity index (χ3v) is 1.51. The van der Waals surface area contributed by atoms with E-state index >= 15 is 0 Å². The van der Waals surface area contributed by atoms with Crippen LogP contribution in [0.4, 0.5) is 0 Å². The second kappa shape index (κ2) is 4.87. The third kappa shape index (κ3) is 2.91. The first-order valence-electron chi connectivity index (χ1n) is 3.06. The van der Waals surface area contributed by atoms with Crippen LogP contribution in [0, 0.1) is 5.92 Å². The van der Waals surface area contributed by atoms with Crippen molar-refractivity contribution < 1.29 is 19.4 Å². The van der Waals surface area contributed by atoms with Crippen molar-refractivity contribution >= 4 is 41.3 Å². The number of carboxylic acid groups (broad SMARTS) is 1. The number of Topliss-reactive ketones (excluding diaryl/α,β-unsaturated/α-hetero) is 1. The number of carbonyl (C=O) groups excluding carboxylic acids is 1. The Bertz CT molecular complexity index is 162. The number of carbonyl (C=O) groups is 2. The van der Waals surface area contributed by atoms with Crippen LogP contribution < -0.4 is 0 Å². The molecule has 0 aliphatic carbocycles. The minimum Gasteiger partial charge on any atom is -0.475 e. The van der Waals surface area contributed by atoms with Crippen molar-refractivity contribution in [3.05, 3.63) is 0 Å². The van der Waals surface area contributed by atoms with Gasteiger partial charge in [-0.15, -0.1) is 0 Å². The molecule has 1 N–H and O–H groups in total. The van der Waals surface area contributed by atoms with Crippen LogP contribution in [0.2, 0.25) is 0 Å². The molecule has 4 nitrogen and oxygen atoms in total. The van der Waals surface area contributed by atoms with Crippen molar-refractivity contribution in [2.45, 2.75) is 6.42 Å². The number of ketones is 1. The predicted molar refractivity (Wildman–Crippen MR) is 37.3 cm³/mol. The van der Waals surface area contributed by atoms with Crippen molar-refractivity contribution in [1.82, 2.24) is 0 Å². The molecule has 11 heavy (non-hydrogen) atoms. The second-order valence-corrected chi connectivity index (χ2v) is 2.23. The van der Waals surface area contributed by atoms with Crippen molar-refractivity contribution in [3.63, 3.8) is 0 Å². The first-order valence-corrected chi connectivity index (χ1v) is 3.06. The summed E-state index contributed by atoms with van der Waals surface area (Å²) in [5, 5.41) is 8.24. The molecular formula is C6H8NaO4. The predicted octanol–water partition coefficient (Wildman–Crippen LogP) is -0.704. The minimum atomic E-state index is -1.35. The molecule has 0 aromatic heterocycles. The molecule has 1 aliphatic heterocycles. The molecule has 1 radical (unpaired) electrons. The summed E-state index contributed by atoms with van der Waals surface area (Å²) in [6, 6.07) is 0. The van der Waals surface area contributed by atoms with Crippen LogP contribution >= 0.6 is 0 Å². The maximum Gasteiger partial charge on any atom is 0.372 e. The SMILES string of the molecule is O=C(O)C(=O)C1CCOC1.[Na]. The van der Waals surface area contributed by atoms with E-state index in [1.54, 1.807) is 0 Å². The average molecular weight is 167 g/mol. The third-order valence-electron chi connectivity index (χ3n) is 1.51. The van der Waals surface area contributed by atoms with Crippen molar-refractivity contribution in [2.24, 2.45) is 5.92 Å². The summed E-state index contributed by atoms with van der Waals surface area (Å²) in [6.45, 7) is 0.773. The van der Waals surface area contributed by atoms with Gasteiger partial charge < -0.3 is 9.84 Å². The van der Waals surface area contributed by atoms with E-state index < -0.39 is 17.7 Å². The molecule has 1 atom stereocenters. The Balaban J connectivity index is 0.000001000. The molecule has 1 unspecified atom stereocenters. The molecule has 1 saturated heterocycles. The first-order chi connectivity index (χ1) is 4.72. The van der Waals surface area contributed by atoms with Gasteiger partial charge >= 0.3 is 5.97 Å². The summed E-state index contributed by atoms with van der Waals surface area (Å²) in [6.07, 6.45) is 0.547. The number of carboxylic acids is 1. The largest absolute Gasteiger partial charge is 0.475 e. The Morgan fingerprint density at radius 3 is 2.45 bits per heavy atom. The molecule has 0 aromatic carbocycles. The van der Waals surface area contributed by atoms with E-state index in [-0.39, 0.29) is 36.2 Å². The molecule has 1 fully saturated rings. The second-order valence-electron chi connectivity index (χ2n) is 2.23. The number of rotatable bonds is 2. The maximum absolute atomic E-state index is 10.7. The Morgan fingerprint density at radius 2 is 2.09 bits per heavy atom. The van der Waals surface area contributed by atoms with Crippen LogP contribution in [-0.2, 0) is 14.3 Å². The van der Waals surface area contributed by atoms with Crippen molar-refractivity contribution in [1.29, 1.82) is 0 Å². The van der Waals surface area contributed by atoms with E-state index in [4.69, 9.17) is 9.84 Å². The van der Waals surface area contributed by atoms with E-state index in [0.29, 0.717) is 13.0 Å². The summed E-state index contributed by atoms with van der Waals surface area (Å²) in [4.78, 5) is 20.7. The monoisotopic (exact) mass is 167 g/mol. The number of hydrogen-bond donors (Lipinski definition) is 1. The summed E-state index contributed by atoms with van der Waals surface area (Å²) < 4.78 is 4.84. The molecule has 57 valence electrons. The fraction of sp³-hybridized carbons (Fsp3) is 0.667. The van der Waals surface area contributed by atoms with Crippen LogP contribution in [-0.4, -0.2) is 59.6 Å². The van der Waals surface area contributed by atoms with Crippen LogP contribution in [0.3, 0.4) is 0 Å². The van der Waals surface area contributed by atoms with Gasteiger partial charge in [0.15, 0.2) is 0 Å². The molecule has 1 rings (SSSR count). The van der Waals surface area contributed by atoms with E-state index in [2.05, 4.69) is 0 Å². The Hall–Kier alpha value is 0.1000. The summed E-state index contributed by atoms with van der Waals surface area (Å²) in [7, 11) is 0. The van der Waals surface area contributed by atoms with E-state index in [9.17, 15) is 9.59 Å². The van der Waals surface area contributed by atoms with E-state index in [0.717, 1.165) is 0 Å². The van der Waals surface area contributed by atoms with Gasteiger partial charge in [-0.3, -0.25) is 4.79 Å². The summed E-state index contributed by atoms with van der Waals surface area (Å²) in [5.41, 5.74) is 0. The Labute approximate surface area is 86.2 Å². The molecule has 5 heteroatoms. The van der Waals surface area contributed by atoms with Gasteiger partial charge in [0.1, 0.15) is 0 Å². The smallest absolute Gasteiger partial charge is 0.372 e. The maximum atomic E-state index is 10.7. The fourth-order valence-corrected chi connectivity index (χ4v) is 0.916. The topological polar surface area (TPSA) is 63.6 Å². The van der Waals surface area contributed by atoms with Crippen LogP contribution in [0.1, 0.15) is 6.42 Å². The number of hydrogen-bond acceptors (Lipinski definition) is 3. The first kappa shape index (κ1) is 11.1. The van der Waals surface area contributed by atoms with Gasteiger partial charge in [0.05, 0.1) is 12.5 Å². The van der Waals surface area contributed by atoms with E-state index in [1.807, 2.05) is 0 Å². The van der Waals surface area contributed by atoms with Crippen LogP contribution in [0.15, 0.2) is 0 Å². The molecule has 0 saturated carbocycles. The zero-order valence-corrected chi connectivity index (χ0v) is 8.37. The van der Waals surface area contributed by atoms with Gasteiger partial charge in [-0.05, 0) is 6.42 Å². The van der Waals surface area contributed by atoms with Gasteiger partial charge in [-0.1, -0.05) is 0 Å². The van der Waals surface area contributed by atoms with Gasteiger partial charge in [-0.2, -0.15) is 0 Å². The van der Waals surface area contributed by atoms with Crippen LogP contribution in [0.25, 0.3) is 0 Å². The number of ether oxygens (including phenoxy) is 1. The quantitative estimate of drug-likeness (QED) is 0.436. The Morgan fingerprint density at radius 1 is 1.45 bits per heavy atom. The Kier molecular flexibility index (Phi) is 4.92. The fourth-order valence-electron chi connectivity index (χ4n) is 0.916. The normalized spacial score (nSPS) is 22.4. The summed E-state index contributed by atoms with van der Waals surface area (Å²) in [5.74, 6) is -2.48. The molecule has 1 heterocycles. The van der Waals surface area contributed by atoms with E-state index in [1.165, 1.54) is 0 Å². The van der Waals surface area contributed by atoms with Crippen LogP contribution in [0.5, 0.6) is 0 Å². The standard InChI is InChI=1S/C6H8O4.Na/c7-5(6(8)9)4-1-2-10-3-4;/h4H,1-3H2,(H,8,9);. The van der Waals surface area contributed by atoms with Gasteiger partial charge in [0.2, 0.25) is 5.78 Å². The molecular weight excluding hydrogens is 159 g/mol. The average Bonchev–Trinajstić information content (AvgIpc) is 2.36. The molecule has 1 aliphatic rings. The molecule has 0 amide bonds. The summed E-state index contributed by atoms with van der Waals surface area (Å²) >= 11 is 0. The molecule has 0 aromatic rings. The molecule has 0 bridgehead atoms.